The maximum atomic E-state index is 13.4. The zero-order valence-electron chi connectivity index (χ0n) is 13.5. The number of halogens is 1. The molecule has 0 bridgehead atoms. The minimum Gasteiger partial charge on any atom is -0.496 e. The first-order valence-corrected chi connectivity index (χ1v) is 7.18. The standard InChI is InChI=1S/C18H22FNO2/c1-13-9-14(5-7-17(13)21-3)11-20(2)12-15-10-16(19)6-8-18(15)22-4/h5-10H,11-12H2,1-4H3. The van der Waals surface area contributed by atoms with Crippen molar-refractivity contribution in [2.24, 2.45) is 0 Å². The molecule has 0 radical (unpaired) electrons. The van der Waals surface area contributed by atoms with Crippen molar-refractivity contribution >= 4 is 0 Å². The van der Waals surface area contributed by atoms with Crippen molar-refractivity contribution in [3.8, 4) is 11.5 Å². The van der Waals surface area contributed by atoms with E-state index in [9.17, 15) is 4.39 Å². The lowest BCUT2D eigenvalue weighted by Crippen LogP contribution is -2.18. The molecule has 2 aromatic rings. The quantitative estimate of drug-likeness (QED) is 0.810. The molecule has 22 heavy (non-hydrogen) atoms. The van der Waals surface area contributed by atoms with Gasteiger partial charge in [0, 0.05) is 18.7 Å². The van der Waals surface area contributed by atoms with E-state index in [2.05, 4.69) is 11.0 Å². The molecule has 0 saturated heterocycles. The van der Waals surface area contributed by atoms with Gasteiger partial charge in [0.05, 0.1) is 14.2 Å². The van der Waals surface area contributed by atoms with E-state index in [0.29, 0.717) is 12.3 Å². The summed E-state index contributed by atoms with van der Waals surface area (Å²) >= 11 is 0. The Morgan fingerprint density at radius 1 is 0.955 bits per heavy atom. The molecule has 0 saturated carbocycles. The fraction of sp³-hybridized carbons (Fsp3) is 0.333. The first-order valence-electron chi connectivity index (χ1n) is 7.18. The van der Waals surface area contributed by atoms with E-state index >= 15 is 0 Å². The van der Waals surface area contributed by atoms with Gasteiger partial charge in [0.2, 0.25) is 0 Å². The van der Waals surface area contributed by atoms with Gasteiger partial charge in [0.1, 0.15) is 17.3 Å². The molecule has 0 aliphatic rings. The first-order chi connectivity index (χ1) is 10.5. The predicted octanol–water partition coefficient (Wildman–Crippen LogP) is 3.78. The third-order valence-corrected chi connectivity index (χ3v) is 3.59. The second kappa shape index (κ2) is 7.27. The van der Waals surface area contributed by atoms with Crippen molar-refractivity contribution in [3.63, 3.8) is 0 Å². The van der Waals surface area contributed by atoms with Gasteiger partial charge in [-0.1, -0.05) is 12.1 Å². The molecule has 3 nitrogen and oxygen atoms in total. The molecule has 0 atom stereocenters. The molecule has 0 aromatic heterocycles. The van der Waals surface area contributed by atoms with Gasteiger partial charge >= 0.3 is 0 Å². The lowest BCUT2D eigenvalue weighted by atomic mass is 10.1. The maximum Gasteiger partial charge on any atom is 0.123 e. The van der Waals surface area contributed by atoms with Crippen LogP contribution in [0.2, 0.25) is 0 Å². The molecule has 0 heterocycles. The van der Waals surface area contributed by atoms with Gasteiger partial charge in [-0.15, -0.1) is 0 Å². The molecule has 0 amide bonds. The monoisotopic (exact) mass is 303 g/mol. The van der Waals surface area contributed by atoms with Crippen LogP contribution < -0.4 is 9.47 Å². The largest absolute Gasteiger partial charge is 0.496 e. The average Bonchev–Trinajstić information content (AvgIpc) is 2.47. The van der Waals surface area contributed by atoms with Crippen molar-refractivity contribution in [1.82, 2.24) is 4.90 Å². The lowest BCUT2D eigenvalue weighted by molar-refractivity contribution is 0.309. The Balaban J connectivity index is 2.08. The SMILES string of the molecule is COc1ccc(CN(C)Cc2cc(F)ccc2OC)cc1C. The summed E-state index contributed by atoms with van der Waals surface area (Å²) in [5.41, 5.74) is 3.14. The summed E-state index contributed by atoms with van der Waals surface area (Å²) in [7, 11) is 5.28. The Labute approximate surface area is 131 Å². The third kappa shape index (κ3) is 3.98. The minimum absolute atomic E-state index is 0.246. The van der Waals surface area contributed by atoms with Crippen LogP contribution in [0.25, 0.3) is 0 Å². The number of hydrogen-bond donors (Lipinski definition) is 0. The summed E-state index contributed by atoms with van der Waals surface area (Å²) in [6.07, 6.45) is 0. The van der Waals surface area contributed by atoms with Crippen molar-refractivity contribution in [2.45, 2.75) is 20.0 Å². The topological polar surface area (TPSA) is 21.7 Å². The smallest absolute Gasteiger partial charge is 0.123 e. The van der Waals surface area contributed by atoms with Crippen LogP contribution in [0.3, 0.4) is 0 Å². The Bertz CT molecular complexity index is 643. The summed E-state index contributed by atoms with van der Waals surface area (Å²) < 4.78 is 24.0. The van der Waals surface area contributed by atoms with E-state index in [0.717, 1.165) is 23.4 Å². The highest BCUT2D eigenvalue weighted by atomic mass is 19.1. The number of methoxy groups -OCH3 is 2. The summed E-state index contributed by atoms with van der Waals surface area (Å²) in [4.78, 5) is 2.12. The highest BCUT2D eigenvalue weighted by Crippen LogP contribution is 2.23. The molecule has 4 heteroatoms. The Kier molecular flexibility index (Phi) is 5.39. The maximum absolute atomic E-state index is 13.4. The van der Waals surface area contributed by atoms with Crippen LogP contribution in [0.5, 0.6) is 11.5 Å². The van der Waals surface area contributed by atoms with Gasteiger partial charge in [-0.25, -0.2) is 4.39 Å². The summed E-state index contributed by atoms with van der Waals surface area (Å²) in [6, 6.07) is 10.7. The number of rotatable bonds is 6. The second-order valence-corrected chi connectivity index (χ2v) is 5.43. The number of benzene rings is 2. The van der Waals surface area contributed by atoms with E-state index in [4.69, 9.17) is 9.47 Å². The van der Waals surface area contributed by atoms with Crippen molar-refractivity contribution < 1.29 is 13.9 Å². The van der Waals surface area contributed by atoms with Gasteiger partial charge in [0.25, 0.3) is 0 Å². The van der Waals surface area contributed by atoms with Crippen LogP contribution in [0, 0.1) is 12.7 Å². The first kappa shape index (κ1) is 16.3. The van der Waals surface area contributed by atoms with Crippen molar-refractivity contribution in [2.75, 3.05) is 21.3 Å². The van der Waals surface area contributed by atoms with Crippen LogP contribution in [-0.4, -0.2) is 26.2 Å². The molecule has 118 valence electrons. The van der Waals surface area contributed by atoms with Gasteiger partial charge in [-0.2, -0.15) is 0 Å². The van der Waals surface area contributed by atoms with Crippen LogP contribution in [-0.2, 0) is 13.1 Å². The third-order valence-electron chi connectivity index (χ3n) is 3.59. The number of hydrogen-bond acceptors (Lipinski definition) is 3. The summed E-state index contributed by atoms with van der Waals surface area (Å²) in [6.45, 7) is 3.41. The van der Waals surface area contributed by atoms with Crippen molar-refractivity contribution in [1.29, 1.82) is 0 Å². The van der Waals surface area contributed by atoms with E-state index in [1.165, 1.54) is 17.7 Å². The van der Waals surface area contributed by atoms with Gasteiger partial charge < -0.3 is 9.47 Å². The van der Waals surface area contributed by atoms with Crippen LogP contribution >= 0.6 is 0 Å². The zero-order valence-corrected chi connectivity index (χ0v) is 13.5. The molecule has 0 N–H and O–H groups in total. The Morgan fingerprint density at radius 3 is 2.27 bits per heavy atom. The fourth-order valence-electron chi connectivity index (χ4n) is 2.57. The molecular formula is C18H22FNO2. The van der Waals surface area contributed by atoms with Crippen molar-refractivity contribution in [3.05, 3.63) is 58.9 Å². The molecule has 0 unspecified atom stereocenters. The zero-order chi connectivity index (χ0) is 16.1. The molecule has 0 spiro atoms. The molecule has 0 aliphatic carbocycles. The van der Waals surface area contributed by atoms with Crippen LogP contribution in [0.15, 0.2) is 36.4 Å². The Hall–Kier alpha value is -2.07. The molecule has 2 aromatic carbocycles. The summed E-state index contributed by atoms with van der Waals surface area (Å²) in [5.74, 6) is 1.35. The van der Waals surface area contributed by atoms with Gasteiger partial charge in [0.15, 0.2) is 0 Å². The van der Waals surface area contributed by atoms with E-state index < -0.39 is 0 Å². The van der Waals surface area contributed by atoms with Gasteiger partial charge in [-0.3, -0.25) is 4.90 Å². The second-order valence-electron chi connectivity index (χ2n) is 5.43. The van der Waals surface area contributed by atoms with Gasteiger partial charge in [-0.05, 0) is 49.4 Å². The summed E-state index contributed by atoms with van der Waals surface area (Å²) in [5, 5.41) is 0. The normalized spacial score (nSPS) is 10.8. The van der Waals surface area contributed by atoms with E-state index in [1.807, 2.05) is 26.1 Å². The molecule has 0 fully saturated rings. The van der Waals surface area contributed by atoms with E-state index in [1.54, 1.807) is 20.3 Å². The number of aryl methyl sites for hydroxylation is 1. The van der Waals surface area contributed by atoms with Crippen LogP contribution in [0.1, 0.15) is 16.7 Å². The molecule has 2 rings (SSSR count). The average molecular weight is 303 g/mol. The van der Waals surface area contributed by atoms with E-state index in [-0.39, 0.29) is 5.82 Å². The molecule has 0 aliphatic heterocycles. The highest BCUT2D eigenvalue weighted by molar-refractivity contribution is 5.36. The number of ether oxygens (including phenoxy) is 2. The number of nitrogens with zero attached hydrogens (tertiary/aromatic N) is 1. The minimum atomic E-state index is -0.246. The highest BCUT2D eigenvalue weighted by Gasteiger charge is 2.09. The lowest BCUT2D eigenvalue weighted by Gasteiger charge is -2.19. The predicted molar refractivity (Wildman–Crippen MR) is 85.9 cm³/mol. The van der Waals surface area contributed by atoms with Crippen LogP contribution in [0.4, 0.5) is 4.39 Å². The Morgan fingerprint density at radius 2 is 1.64 bits per heavy atom. The fourth-order valence-corrected chi connectivity index (χ4v) is 2.57. The molecular weight excluding hydrogens is 281 g/mol.